The molecule has 2 amide bonds. The van der Waals surface area contributed by atoms with Gasteiger partial charge in [-0.05, 0) is 35.1 Å². The van der Waals surface area contributed by atoms with Crippen molar-refractivity contribution in [1.82, 2.24) is 5.32 Å². The lowest BCUT2D eigenvalue weighted by Crippen LogP contribution is -2.38. The average Bonchev–Trinajstić information content (AvgIpc) is 2.96. The normalized spacial score (nSPS) is 13.3. The van der Waals surface area contributed by atoms with Crippen molar-refractivity contribution in [2.24, 2.45) is 5.41 Å². The summed E-state index contributed by atoms with van der Waals surface area (Å²) >= 11 is 1.59. The van der Waals surface area contributed by atoms with Gasteiger partial charge in [0.25, 0.3) is 0 Å². The summed E-state index contributed by atoms with van der Waals surface area (Å²) < 4.78 is 23.2. The predicted molar refractivity (Wildman–Crippen MR) is 98.2 cm³/mol. The van der Waals surface area contributed by atoms with Gasteiger partial charge in [0.05, 0.1) is 10.9 Å². The molecule has 0 fully saturated rings. The topological polar surface area (TPSA) is 75.3 Å². The first-order valence-electron chi connectivity index (χ1n) is 7.48. The highest BCUT2D eigenvalue weighted by Gasteiger charge is 2.28. The Labute approximate surface area is 147 Å². The molecule has 2 aromatic rings. The molecular formula is C17H22N2O3S2. The molecular weight excluding hydrogens is 344 g/mol. The maximum absolute atomic E-state index is 12.4. The van der Waals surface area contributed by atoms with E-state index in [1.54, 1.807) is 23.5 Å². The second-order valence-corrected chi connectivity index (χ2v) is 9.71. The lowest BCUT2D eigenvalue weighted by Gasteiger charge is -2.30. The molecule has 0 saturated heterocycles. The molecule has 2 rings (SSSR count). The van der Waals surface area contributed by atoms with Crippen molar-refractivity contribution < 1.29 is 13.2 Å². The number of rotatable bonds is 4. The molecule has 0 aliphatic rings. The Hall–Kier alpha value is -1.86. The Bertz CT molecular complexity index is 807. The number of hydrogen-bond donors (Lipinski definition) is 2. The van der Waals surface area contributed by atoms with E-state index in [-0.39, 0.29) is 22.4 Å². The van der Waals surface area contributed by atoms with Crippen LogP contribution in [0.25, 0.3) is 0 Å². The first-order chi connectivity index (χ1) is 11.1. The van der Waals surface area contributed by atoms with Crippen LogP contribution in [0.5, 0.6) is 0 Å². The van der Waals surface area contributed by atoms with Crippen LogP contribution in [0.2, 0.25) is 0 Å². The van der Waals surface area contributed by atoms with Gasteiger partial charge in [-0.15, -0.1) is 11.3 Å². The van der Waals surface area contributed by atoms with Crippen LogP contribution in [-0.4, -0.2) is 20.7 Å². The van der Waals surface area contributed by atoms with Crippen LogP contribution in [0, 0.1) is 5.41 Å². The molecule has 1 atom stereocenters. The molecule has 7 heteroatoms. The molecule has 1 aromatic heterocycles. The molecule has 5 nitrogen and oxygen atoms in total. The van der Waals surface area contributed by atoms with Crippen LogP contribution in [0.15, 0.2) is 46.7 Å². The zero-order valence-corrected chi connectivity index (χ0v) is 15.8. The number of hydrogen-bond acceptors (Lipinski definition) is 4. The molecule has 130 valence electrons. The largest absolute Gasteiger partial charge is 0.330 e. The van der Waals surface area contributed by atoms with E-state index in [4.69, 9.17) is 0 Å². The number of carbonyl (C=O) groups excluding carboxylic acids is 1. The molecule has 0 saturated carbocycles. The molecule has 0 bridgehead atoms. The van der Waals surface area contributed by atoms with Crippen LogP contribution in [-0.2, 0) is 9.84 Å². The van der Waals surface area contributed by atoms with Crippen molar-refractivity contribution in [3.05, 3.63) is 46.7 Å². The number of sulfone groups is 1. The summed E-state index contributed by atoms with van der Waals surface area (Å²) in [6.45, 7) is 6.17. The van der Waals surface area contributed by atoms with Crippen molar-refractivity contribution in [2.75, 3.05) is 11.6 Å². The molecule has 0 aliphatic heterocycles. The highest BCUT2D eigenvalue weighted by atomic mass is 32.2. The summed E-state index contributed by atoms with van der Waals surface area (Å²) in [4.78, 5) is 13.6. The Morgan fingerprint density at radius 3 is 2.42 bits per heavy atom. The van der Waals surface area contributed by atoms with E-state index in [2.05, 4.69) is 31.4 Å². The first kappa shape index (κ1) is 18.5. The SMILES string of the molecule is CC(C)(C)C(NC(=O)Nc1cccc(S(C)(=O)=O)c1)c1cccs1. The summed E-state index contributed by atoms with van der Waals surface area (Å²) in [6.07, 6.45) is 1.14. The van der Waals surface area contributed by atoms with Crippen molar-refractivity contribution in [3.8, 4) is 0 Å². The standard InChI is InChI=1S/C17H22N2O3S2/c1-17(2,3)15(14-9-6-10-23-14)19-16(20)18-12-7-5-8-13(11-12)24(4,21)22/h5-11,15H,1-4H3,(H2,18,19,20). The summed E-state index contributed by atoms with van der Waals surface area (Å²) in [5.74, 6) is 0. The fourth-order valence-electron chi connectivity index (χ4n) is 2.27. The number of nitrogens with one attached hydrogen (secondary N) is 2. The van der Waals surface area contributed by atoms with Gasteiger partial charge in [-0.1, -0.05) is 32.9 Å². The van der Waals surface area contributed by atoms with Crippen LogP contribution in [0.3, 0.4) is 0 Å². The third-order valence-corrected chi connectivity index (χ3v) is 5.54. The number of amides is 2. The highest BCUT2D eigenvalue weighted by Crippen LogP contribution is 2.35. The summed E-state index contributed by atoms with van der Waals surface area (Å²) in [5.41, 5.74) is 0.283. The Balaban J connectivity index is 2.15. The van der Waals surface area contributed by atoms with Gasteiger partial charge in [-0.3, -0.25) is 0 Å². The zero-order chi connectivity index (χ0) is 18.0. The van der Waals surface area contributed by atoms with Gasteiger partial charge in [-0.25, -0.2) is 13.2 Å². The highest BCUT2D eigenvalue weighted by molar-refractivity contribution is 7.90. The van der Waals surface area contributed by atoms with E-state index in [1.807, 2.05) is 17.5 Å². The van der Waals surface area contributed by atoms with Crippen molar-refractivity contribution >= 4 is 32.9 Å². The fourth-order valence-corrected chi connectivity index (χ4v) is 3.96. The summed E-state index contributed by atoms with van der Waals surface area (Å²) in [6, 6.07) is 9.65. The Morgan fingerprint density at radius 1 is 1.17 bits per heavy atom. The summed E-state index contributed by atoms with van der Waals surface area (Å²) in [7, 11) is -3.31. The number of thiophene rings is 1. The van der Waals surface area contributed by atoms with E-state index in [9.17, 15) is 13.2 Å². The number of carbonyl (C=O) groups is 1. The third-order valence-electron chi connectivity index (χ3n) is 3.49. The molecule has 0 aliphatic carbocycles. The molecule has 2 N–H and O–H groups in total. The fraction of sp³-hybridized carbons (Fsp3) is 0.353. The lowest BCUT2D eigenvalue weighted by atomic mass is 9.86. The minimum Gasteiger partial charge on any atom is -0.330 e. The van der Waals surface area contributed by atoms with Crippen LogP contribution >= 0.6 is 11.3 Å². The predicted octanol–water partition coefficient (Wildman–Crippen LogP) is 4.06. The maximum atomic E-state index is 12.4. The Kier molecular flexibility index (Phi) is 5.35. The monoisotopic (exact) mass is 366 g/mol. The van der Waals surface area contributed by atoms with E-state index in [0.717, 1.165) is 11.1 Å². The van der Waals surface area contributed by atoms with Crippen LogP contribution in [0.4, 0.5) is 10.5 Å². The van der Waals surface area contributed by atoms with E-state index >= 15 is 0 Å². The van der Waals surface area contributed by atoms with Crippen molar-refractivity contribution in [2.45, 2.75) is 31.7 Å². The van der Waals surface area contributed by atoms with Crippen molar-refractivity contribution in [1.29, 1.82) is 0 Å². The van der Waals surface area contributed by atoms with Gasteiger partial charge in [0.2, 0.25) is 0 Å². The van der Waals surface area contributed by atoms with Crippen LogP contribution in [0.1, 0.15) is 31.7 Å². The molecule has 24 heavy (non-hydrogen) atoms. The number of benzene rings is 1. The zero-order valence-electron chi connectivity index (χ0n) is 14.2. The van der Waals surface area contributed by atoms with Crippen LogP contribution < -0.4 is 10.6 Å². The molecule has 0 spiro atoms. The smallest absolute Gasteiger partial charge is 0.319 e. The molecule has 0 radical (unpaired) electrons. The van der Waals surface area contributed by atoms with E-state index in [0.29, 0.717) is 5.69 Å². The second kappa shape index (κ2) is 6.94. The van der Waals surface area contributed by atoms with E-state index in [1.165, 1.54) is 12.1 Å². The van der Waals surface area contributed by atoms with E-state index < -0.39 is 9.84 Å². The molecule has 1 unspecified atom stereocenters. The summed E-state index contributed by atoms with van der Waals surface area (Å²) in [5, 5.41) is 7.66. The van der Waals surface area contributed by atoms with Gasteiger partial charge in [0.15, 0.2) is 9.84 Å². The minimum atomic E-state index is -3.31. The van der Waals surface area contributed by atoms with Crippen molar-refractivity contribution in [3.63, 3.8) is 0 Å². The van der Waals surface area contributed by atoms with Gasteiger partial charge in [0.1, 0.15) is 0 Å². The number of anilines is 1. The third kappa shape index (κ3) is 4.82. The van der Waals surface area contributed by atoms with Gasteiger partial charge in [0, 0.05) is 16.8 Å². The van der Waals surface area contributed by atoms with Gasteiger partial charge >= 0.3 is 6.03 Å². The average molecular weight is 367 g/mol. The number of urea groups is 1. The quantitative estimate of drug-likeness (QED) is 0.857. The minimum absolute atomic E-state index is 0.143. The van der Waals surface area contributed by atoms with Gasteiger partial charge in [-0.2, -0.15) is 0 Å². The van der Waals surface area contributed by atoms with Gasteiger partial charge < -0.3 is 10.6 Å². The molecule has 1 heterocycles. The lowest BCUT2D eigenvalue weighted by molar-refractivity contribution is 0.230. The molecule has 1 aromatic carbocycles. The Morgan fingerprint density at radius 2 is 1.88 bits per heavy atom. The first-order valence-corrected chi connectivity index (χ1v) is 10.3. The second-order valence-electron chi connectivity index (χ2n) is 6.71. The maximum Gasteiger partial charge on any atom is 0.319 e.